The highest BCUT2D eigenvalue weighted by molar-refractivity contribution is 6.04. The van der Waals surface area contributed by atoms with E-state index >= 15 is 0 Å². The number of pyridine rings is 1. The molecule has 17 heavy (non-hydrogen) atoms. The summed E-state index contributed by atoms with van der Waals surface area (Å²) in [5.41, 5.74) is 2.60. The number of hydrogen-bond acceptors (Lipinski definition) is 0. The van der Waals surface area contributed by atoms with Crippen LogP contribution in [0.5, 0.6) is 0 Å². The molecule has 0 radical (unpaired) electrons. The van der Waals surface area contributed by atoms with Crippen molar-refractivity contribution in [2.24, 2.45) is 7.05 Å². The van der Waals surface area contributed by atoms with Crippen molar-refractivity contribution in [3.63, 3.8) is 0 Å². The Morgan fingerprint density at radius 3 is 2.00 bits per heavy atom. The zero-order valence-electron chi connectivity index (χ0n) is 9.94. The van der Waals surface area contributed by atoms with Gasteiger partial charge in [0.1, 0.15) is 7.05 Å². The predicted molar refractivity (Wildman–Crippen MR) is 67.4 cm³/mol. The number of para-hydroxylation sites is 1. The number of hydrogen-bond donors (Lipinski definition) is 0. The fourth-order valence-corrected chi connectivity index (χ4v) is 2.39. The van der Waals surface area contributed by atoms with Crippen LogP contribution >= 0.6 is 0 Å². The first-order chi connectivity index (χ1) is 7.79. The zero-order valence-corrected chi connectivity index (χ0v) is 10.7. The molecule has 0 fully saturated rings. The van der Waals surface area contributed by atoms with Gasteiger partial charge in [-0.3, -0.25) is 0 Å². The highest BCUT2D eigenvalue weighted by Gasteiger charge is 2.13. The smallest absolute Gasteiger partial charge is 0.213 e. The molecule has 2 aromatic carbocycles. The van der Waals surface area contributed by atoms with Crippen LogP contribution in [0.3, 0.4) is 0 Å². The molecule has 1 heterocycles. The first kappa shape index (κ1) is 11.9. The molecule has 0 aliphatic rings. The number of nitrogens with zero attached hydrogens (tertiary/aromatic N) is 1. The van der Waals surface area contributed by atoms with Crippen molar-refractivity contribution >= 4 is 21.7 Å². The maximum atomic E-state index is 2.26. The van der Waals surface area contributed by atoms with Gasteiger partial charge in [-0.05, 0) is 12.1 Å². The topological polar surface area (TPSA) is 3.88 Å². The van der Waals surface area contributed by atoms with Gasteiger partial charge in [-0.25, -0.2) is 0 Å². The van der Waals surface area contributed by atoms with E-state index in [0.29, 0.717) is 0 Å². The molecule has 1 aromatic heterocycles. The lowest BCUT2D eigenvalue weighted by Crippen LogP contribution is -3.00. The molecule has 3 aromatic rings. The van der Waals surface area contributed by atoms with E-state index in [2.05, 4.69) is 67.1 Å². The van der Waals surface area contributed by atoms with Crippen molar-refractivity contribution < 1.29 is 17.0 Å². The summed E-state index contributed by atoms with van der Waals surface area (Å²) >= 11 is 0. The summed E-state index contributed by atoms with van der Waals surface area (Å²) in [6.45, 7) is 2.18. The Labute approximate surface area is 107 Å². The molecule has 0 spiro atoms. The highest BCUT2D eigenvalue weighted by atomic mass is 35.5. The minimum atomic E-state index is 0. The van der Waals surface area contributed by atoms with Crippen LogP contribution in [0.4, 0.5) is 0 Å². The molecule has 0 aliphatic carbocycles. The van der Waals surface area contributed by atoms with Crippen molar-refractivity contribution in [3.8, 4) is 0 Å². The lowest BCUT2D eigenvalue weighted by molar-refractivity contribution is -0.649. The van der Waals surface area contributed by atoms with Crippen LogP contribution in [0.25, 0.3) is 21.7 Å². The number of fused-ring (bicyclic) bond motifs is 3. The predicted octanol–water partition coefficient (Wildman–Crippen LogP) is 0.130. The average molecular weight is 244 g/mol. The highest BCUT2D eigenvalue weighted by Crippen LogP contribution is 2.24. The van der Waals surface area contributed by atoms with Gasteiger partial charge in [0, 0.05) is 23.8 Å². The Bertz CT molecular complexity index is 628. The summed E-state index contributed by atoms with van der Waals surface area (Å²) in [7, 11) is 2.13. The maximum Gasteiger partial charge on any atom is 0.213 e. The molecule has 3 rings (SSSR count). The van der Waals surface area contributed by atoms with E-state index in [1.165, 1.54) is 27.4 Å². The summed E-state index contributed by atoms with van der Waals surface area (Å²) in [4.78, 5) is 0. The van der Waals surface area contributed by atoms with Gasteiger partial charge in [0.05, 0.1) is 5.39 Å². The van der Waals surface area contributed by atoms with Crippen molar-refractivity contribution in [3.05, 3.63) is 54.2 Å². The van der Waals surface area contributed by atoms with E-state index in [0.717, 1.165) is 0 Å². The Kier molecular flexibility index (Phi) is 3.03. The first-order valence-electron chi connectivity index (χ1n) is 5.55. The van der Waals surface area contributed by atoms with Gasteiger partial charge in [0.25, 0.3) is 0 Å². The van der Waals surface area contributed by atoms with Gasteiger partial charge in [0.15, 0.2) is 5.69 Å². The molecule has 0 amide bonds. The minimum absolute atomic E-state index is 0. The van der Waals surface area contributed by atoms with E-state index < -0.39 is 0 Å². The SMILES string of the molecule is Cc1c2ccccc2c2ccccc2[n+]1C.[Cl-]. The number of aryl methyl sites for hydroxylation is 2. The van der Waals surface area contributed by atoms with Crippen LogP contribution in [0.1, 0.15) is 5.69 Å². The summed E-state index contributed by atoms with van der Waals surface area (Å²) in [6.07, 6.45) is 0. The molecule has 0 saturated carbocycles. The molecular weight excluding hydrogens is 230 g/mol. The number of rotatable bonds is 0. The van der Waals surface area contributed by atoms with Crippen LogP contribution < -0.4 is 17.0 Å². The van der Waals surface area contributed by atoms with Crippen LogP contribution in [0.2, 0.25) is 0 Å². The minimum Gasteiger partial charge on any atom is -1.00 e. The fraction of sp³-hybridized carbons (Fsp3) is 0.133. The molecule has 0 N–H and O–H groups in total. The van der Waals surface area contributed by atoms with Gasteiger partial charge in [-0.15, -0.1) is 0 Å². The first-order valence-corrected chi connectivity index (χ1v) is 5.55. The summed E-state index contributed by atoms with van der Waals surface area (Å²) in [5, 5.41) is 4.00. The second-order valence-corrected chi connectivity index (χ2v) is 4.21. The van der Waals surface area contributed by atoms with Gasteiger partial charge in [-0.1, -0.05) is 30.3 Å². The lowest BCUT2D eigenvalue weighted by atomic mass is 10.0. The number of benzene rings is 2. The van der Waals surface area contributed by atoms with Gasteiger partial charge in [-0.2, -0.15) is 4.57 Å². The van der Waals surface area contributed by atoms with Crippen LogP contribution in [-0.2, 0) is 7.05 Å². The fourth-order valence-electron chi connectivity index (χ4n) is 2.39. The van der Waals surface area contributed by atoms with Crippen LogP contribution in [0.15, 0.2) is 48.5 Å². The van der Waals surface area contributed by atoms with E-state index in [1.807, 2.05) is 0 Å². The third-order valence-corrected chi connectivity index (χ3v) is 3.38. The Balaban J connectivity index is 0.00000108. The molecule has 1 nitrogen and oxygen atoms in total. The molecule has 2 heteroatoms. The van der Waals surface area contributed by atoms with Crippen LogP contribution in [-0.4, -0.2) is 0 Å². The van der Waals surface area contributed by atoms with Crippen LogP contribution in [0, 0.1) is 6.92 Å². The zero-order chi connectivity index (χ0) is 11.1. The van der Waals surface area contributed by atoms with Crippen molar-refractivity contribution in [1.82, 2.24) is 0 Å². The largest absolute Gasteiger partial charge is 1.00 e. The molecule has 0 aliphatic heterocycles. The molecule has 0 saturated heterocycles. The molecule has 0 unspecified atom stereocenters. The van der Waals surface area contributed by atoms with Gasteiger partial charge in [0.2, 0.25) is 5.52 Å². The van der Waals surface area contributed by atoms with E-state index in [-0.39, 0.29) is 12.4 Å². The maximum absolute atomic E-state index is 2.26. The molecule has 0 atom stereocenters. The Morgan fingerprint density at radius 1 is 0.765 bits per heavy atom. The van der Waals surface area contributed by atoms with Gasteiger partial charge < -0.3 is 12.4 Å². The monoisotopic (exact) mass is 243 g/mol. The lowest BCUT2D eigenvalue weighted by Gasteiger charge is -2.05. The Morgan fingerprint density at radius 2 is 1.29 bits per heavy atom. The molecular formula is C15H14ClN. The Hall–Kier alpha value is -1.60. The van der Waals surface area contributed by atoms with Crippen molar-refractivity contribution in [2.75, 3.05) is 0 Å². The van der Waals surface area contributed by atoms with Gasteiger partial charge >= 0.3 is 0 Å². The second kappa shape index (κ2) is 4.34. The normalized spacial score (nSPS) is 10.5. The second-order valence-electron chi connectivity index (χ2n) is 4.21. The molecule has 86 valence electrons. The number of aromatic nitrogens is 1. The van der Waals surface area contributed by atoms with Crippen molar-refractivity contribution in [1.29, 1.82) is 0 Å². The summed E-state index contributed by atoms with van der Waals surface area (Å²) in [5.74, 6) is 0. The quantitative estimate of drug-likeness (QED) is 0.390. The summed E-state index contributed by atoms with van der Waals surface area (Å²) < 4.78 is 2.26. The summed E-state index contributed by atoms with van der Waals surface area (Å²) in [6, 6.07) is 17.2. The average Bonchev–Trinajstić information content (AvgIpc) is 2.36. The standard InChI is InChI=1S/C15H14N.ClH/c1-11-12-7-3-4-8-13(12)14-9-5-6-10-15(14)16(11)2;/h3-10H,1-2H3;1H/q+1;/p-1. The van der Waals surface area contributed by atoms with E-state index in [1.54, 1.807) is 0 Å². The third-order valence-electron chi connectivity index (χ3n) is 3.38. The van der Waals surface area contributed by atoms with Crippen molar-refractivity contribution in [2.45, 2.75) is 6.92 Å². The number of halogens is 1. The van der Waals surface area contributed by atoms with E-state index in [9.17, 15) is 0 Å². The third kappa shape index (κ3) is 1.67. The van der Waals surface area contributed by atoms with E-state index in [4.69, 9.17) is 0 Å². The molecule has 0 bridgehead atoms.